The standard InChI is InChI=1S/C23H36N4O/c1-24-12-14-27(15-13-24)22-9-11-26(18-20(22)6-4-16-28)17-19-5-3-7-23-21(19)8-10-25(23)2/h3,5,7-8,10,20,22,28H,4,6,9,11-18H2,1-2H3/t20-,22+/m0/s1. The summed E-state index contributed by atoms with van der Waals surface area (Å²) in [5.74, 6) is 0.666. The summed E-state index contributed by atoms with van der Waals surface area (Å²) in [5, 5.41) is 10.8. The Labute approximate surface area is 169 Å². The van der Waals surface area contributed by atoms with Crippen molar-refractivity contribution in [1.29, 1.82) is 0 Å². The van der Waals surface area contributed by atoms with Gasteiger partial charge in [0.2, 0.25) is 0 Å². The van der Waals surface area contributed by atoms with Crippen LogP contribution >= 0.6 is 0 Å². The van der Waals surface area contributed by atoms with Crippen molar-refractivity contribution in [2.45, 2.75) is 31.8 Å². The van der Waals surface area contributed by atoms with Gasteiger partial charge in [0.05, 0.1) is 0 Å². The first kappa shape index (κ1) is 19.9. The zero-order chi connectivity index (χ0) is 19.5. The van der Waals surface area contributed by atoms with Crippen LogP contribution in [-0.4, -0.2) is 83.3 Å². The summed E-state index contributed by atoms with van der Waals surface area (Å²) in [4.78, 5) is 7.82. The zero-order valence-corrected chi connectivity index (χ0v) is 17.6. The molecule has 1 aromatic heterocycles. The molecule has 0 radical (unpaired) electrons. The smallest absolute Gasteiger partial charge is 0.0480 e. The molecule has 5 nitrogen and oxygen atoms in total. The number of piperidine rings is 1. The highest BCUT2D eigenvalue weighted by Crippen LogP contribution is 2.29. The maximum absolute atomic E-state index is 9.41. The van der Waals surface area contributed by atoms with Crippen molar-refractivity contribution in [3.8, 4) is 0 Å². The van der Waals surface area contributed by atoms with Crippen LogP contribution in [0.15, 0.2) is 30.5 Å². The Balaban J connectivity index is 1.45. The number of likely N-dealkylation sites (N-methyl/N-ethyl adjacent to an activating group) is 1. The Kier molecular flexibility index (Phi) is 6.36. The number of piperazine rings is 1. The minimum Gasteiger partial charge on any atom is -0.396 e. The Morgan fingerprint density at radius 3 is 2.64 bits per heavy atom. The first-order valence-corrected chi connectivity index (χ1v) is 10.9. The van der Waals surface area contributed by atoms with Gasteiger partial charge in [0.1, 0.15) is 0 Å². The van der Waals surface area contributed by atoms with Crippen LogP contribution in [0.25, 0.3) is 10.9 Å². The monoisotopic (exact) mass is 384 g/mol. The van der Waals surface area contributed by atoms with Crippen molar-refractivity contribution in [3.05, 3.63) is 36.0 Å². The number of hydrogen-bond donors (Lipinski definition) is 1. The van der Waals surface area contributed by atoms with Gasteiger partial charge < -0.3 is 14.6 Å². The summed E-state index contributed by atoms with van der Waals surface area (Å²) in [7, 11) is 4.35. The number of likely N-dealkylation sites (tertiary alicyclic amines) is 1. The van der Waals surface area contributed by atoms with Crippen molar-refractivity contribution in [3.63, 3.8) is 0 Å². The van der Waals surface area contributed by atoms with Gasteiger partial charge in [-0.15, -0.1) is 0 Å². The van der Waals surface area contributed by atoms with E-state index < -0.39 is 0 Å². The van der Waals surface area contributed by atoms with Gasteiger partial charge in [-0.2, -0.15) is 0 Å². The predicted octanol–water partition coefficient (Wildman–Crippen LogP) is 2.39. The van der Waals surface area contributed by atoms with Gasteiger partial charge in [-0.05, 0) is 56.5 Å². The molecule has 5 heteroatoms. The second-order valence-electron chi connectivity index (χ2n) is 8.83. The lowest BCUT2D eigenvalue weighted by atomic mass is 9.86. The van der Waals surface area contributed by atoms with Crippen LogP contribution in [0.3, 0.4) is 0 Å². The summed E-state index contributed by atoms with van der Waals surface area (Å²) in [6, 6.07) is 9.63. The summed E-state index contributed by atoms with van der Waals surface area (Å²) < 4.78 is 2.21. The van der Waals surface area contributed by atoms with Crippen molar-refractivity contribution in [2.24, 2.45) is 13.0 Å². The van der Waals surface area contributed by atoms with Crippen LogP contribution in [0.5, 0.6) is 0 Å². The molecule has 1 aromatic carbocycles. The van der Waals surface area contributed by atoms with E-state index in [1.807, 2.05) is 0 Å². The number of aromatic nitrogens is 1. The van der Waals surface area contributed by atoms with Crippen molar-refractivity contribution in [2.75, 3.05) is 52.9 Å². The number of aliphatic hydroxyl groups is 1. The lowest BCUT2D eigenvalue weighted by Crippen LogP contribution is -2.56. The van der Waals surface area contributed by atoms with Gasteiger partial charge >= 0.3 is 0 Å². The van der Waals surface area contributed by atoms with Gasteiger partial charge in [0, 0.05) is 76.1 Å². The molecule has 28 heavy (non-hydrogen) atoms. The van der Waals surface area contributed by atoms with E-state index in [-0.39, 0.29) is 0 Å². The Morgan fingerprint density at radius 2 is 1.86 bits per heavy atom. The molecular weight excluding hydrogens is 348 g/mol. The third-order valence-corrected chi connectivity index (χ3v) is 6.93. The van der Waals surface area contributed by atoms with Crippen LogP contribution in [-0.2, 0) is 13.6 Å². The van der Waals surface area contributed by atoms with E-state index in [0.29, 0.717) is 18.6 Å². The highest BCUT2D eigenvalue weighted by Gasteiger charge is 2.34. The quantitative estimate of drug-likeness (QED) is 0.829. The molecule has 2 aliphatic heterocycles. The van der Waals surface area contributed by atoms with E-state index in [1.54, 1.807) is 0 Å². The van der Waals surface area contributed by atoms with Gasteiger partial charge in [0.15, 0.2) is 0 Å². The van der Waals surface area contributed by atoms with Gasteiger partial charge in [-0.1, -0.05) is 12.1 Å². The lowest BCUT2D eigenvalue weighted by Gasteiger charge is -2.46. The number of aryl methyl sites for hydroxylation is 1. The second-order valence-corrected chi connectivity index (χ2v) is 8.83. The van der Waals surface area contributed by atoms with Crippen LogP contribution < -0.4 is 0 Å². The highest BCUT2D eigenvalue weighted by atomic mass is 16.2. The van der Waals surface area contributed by atoms with Crippen LogP contribution in [0.1, 0.15) is 24.8 Å². The fourth-order valence-corrected chi connectivity index (χ4v) is 5.26. The molecule has 2 saturated heterocycles. The van der Waals surface area contributed by atoms with Crippen LogP contribution in [0.2, 0.25) is 0 Å². The summed E-state index contributed by atoms with van der Waals surface area (Å²) in [5.41, 5.74) is 2.76. The molecule has 0 saturated carbocycles. The van der Waals surface area contributed by atoms with E-state index in [2.05, 4.69) is 63.8 Å². The predicted molar refractivity (Wildman–Crippen MR) is 115 cm³/mol. The number of aliphatic hydroxyl groups excluding tert-OH is 1. The highest BCUT2D eigenvalue weighted by molar-refractivity contribution is 5.83. The summed E-state index contributed by atoms with van der Waals surface area (Å²) >= 11 is 0. The first-order chi connectivity index (χ1) is 13.7. The third-order valence-electron chi connectivity index (χ3n) is 6.93. The molecule has 2 fully saturated rings. The number of hydrogen-bond acceptors (Lipinski definition) is 4. The third kappa shape index (κ3) is 4.28. The van der Waals surface area contributed by atoms with E-state index >= 15 is 0 Å². The largest absolute Gasteiger partial charge is 0.396 e. The van der Waals surface area contributed by atoms with Crippen LogP contribution in [0.4, 0.5) is 0 Å². The Bertz CT molecular complexity index is 765. The molecule has 1 N–H and O–H groups in total. The average Bonchev–Trinajstić information content (AvgIpc) is 3.09. The van der Waals surface area contributed by atoms with E-state index in [0.717, 1.165) is 25.9 Å². The minimum absolute atomic E-state index is 0.315. The molecule has 0 spiro atoms. The zero-order valence-electron chi connectivity index (χ0n) is 17.6. The molecule has 2 atom stereocenters. The number of rotatable bonds is 6. The number of nitrogens with zero attached hydrogens (tertiary/aromatic N) is 4. The van der Waals surface area contributed by atoms with Crippen LogP contribution in [0, 0.1) is 5.92 Å². The molecule has 0 unspecified atom stereocenters. The summed E-state index contributed by atoms with van der Waals surface area (Å²) in [6.45, 7) is 8.43. The molecule has 0 aliphatic carbocycles. The topological polar surface area (TPSA) is 34.9 Å². The number of benzene rings is 1. The average molecular weight is 385 g/mol. The van der Waals surface area contributed by atoms with E-state index in [1.165, 1.54) is 55.6 Å². The molecule has 154 valence electrons. The van der Waals surface area contributed by atoms with E-state index in [9.17, 15) is 5.11 Å². The summed E-state index contributed by atoms with van der Waals surface area (Å²) in [6.07, 6.45) is 5.49. The minimum atomic E-state index is 0.315. The second kappa shape index (κ2) is 8.95. The maximum atomic E-state index is 9.41. The Morgan fingerprint density at radius 1 is 1.04 bits per heavy atom. The normalized spacial score (nSPS) is 25.5. The molecular formula is C23H36N4O. The fourth-order valence-electron chi connectivity index (χ4n) is 5.26. The molecule has 2 aromatic rings. The number of fused-ring (bicyclic) bond motifs is 1. The fraction of sp³-hybridized carbons (Fsp3) is 0.652. The first-order valence-electron chi connectivity index (χ1n) is 10.9. The van der Waals surface area contributed by atoms with Crippen molar-refractivity contribution in [1.82, 2.24) is 19.3 Å². The molecule has 0 amide bonds. The maximum Gasteiger partial charge on any atom is 0.0480 e. The van der Waals surface area contributed by atoms with Gasteiger partial charge in [-0.3, -0.25) is 9.80 Å². The van der Waals surface area contributed by atoms with Crippen molar-refractivity contribution >= 4 is 10.9 Å². The molecule has 4 rings (SSSR count). The molecule has 3 heterocycles. The SMILES string of the molecule is CN1CCN([C@@H]2CCN(Cc3cccc4c3ccn4C)C[C@@H]2CCCO)CC1. The molecule has 2 aliphatic rings. The Hall–Kier alpha value is -1.40. The van der Waals surface area contributed by atoms with Crippen molar-refractivity contribution < 1.29 is 5.11 Å². The lowest BCUT2D eigenvalue weighted by molar-refractivity contribution is 0.0213. The van der Waals surface area contributed by atoms with Gasteiger partial charge in [0.25, 0.3) is 0 Å². The van der Waals surface area contributed by atoms with Gasteiger partial charge in [-0.25, -0.2) is 0 Å². The van der Waals surface area contributed by atoms with E-state index in [4.69, 9.17) is 0 Å². The molecule has 0 bridgehead atoms.